The second-order valence-electron chi connectivity index (χ2n) is 7.08. The molecule has 2 aromatic heterocycles. The Balaban J connectivity index is 1.54. The Morgan fingerprint density at radius 2 is 2.24 bits per heavy atom. The average molecular weight is 360 g/mol. The van der Waals surface area contributed by atoms with Crippen LogP contribution in [-0.4, -0.2) is 64.1 Å². The smallest absolute Gasteiger partial charge is 0.264 e. The van der Waals surface area contributed by atoms with E-state index in [0.717, 1.165) is 49.1 Å². The van der Waals surface area contributed by atoms with Crippen molar-refractivity contribution in [3.63, 3.8) is 0 Å². The molecule has 2 aromatic rings. The van der Waals surface area contributed by atoms with E-state index in [0.29, 0.717) is 12.5 Å². The first-order valence-corrected chi connectivity index (χ1v) is 9.61. The molecule has 0 spiro atoms. The SMILES string of the molecule is Cc1ccsc1C(=O)N1C[C@@H]2COC[C@H](C1)N(Cc1nccn1C)C2. The highest BCUT2D eigenvalue weighted by Crippen LogP contribution is 2.25. The summed E-state index contributed by atoms with van der Waals surface area (Å²) in [4.78, 5) is 22.8. The van der Waals surface area contributed by atoms with E-state index < -0.39 is 0 Å². The van der Waals surface area contributed by atoms with Gasteiger partial charge in [-0.1, -0.05) is 0 Å². The van der Waals surface area contributed by atoms with Gasteiger partial charge in [-0.2, -0.15) is 0 Å². The lowest BCUT2D eigenvalue weighted by molar-refractivity contribution is 0.0405. The number of hydrogen-bond donors (Lipinski definition) is 0. The fourth-order valence-electron chi connectivity index (χ4n) is 3.75. The van der Waals surface area contributed by atoms with Crippen LogP contribution < -0.4 is 0 Å². The van der Waals surface area contributed by atoms with E-state index in [4.69, 9.17) is 4.74 Å². The van der Waals surface area contributed by atoms with Crippen LogP contribution >= 0.6 is 11.3 Å². The van der Waals surface area contributed by atoms with Gasteiger partial charge in [-0.3, -0.25) is 9.69 Å². The standard InChI is InChI=1S/C18H24N4O2S/c1-13-3-6-25-17(13)18(23)22-8-14-7-21(15(9-22)12-24-11-14)10-16-19-4-5-20(16)2/h3-6,14-15H,7-12H2,1-2H3/t14-,15+/m1/s1. The monoisotopic (exact) mass is 360 g/mol. The molecule has 0 radical (unpaired) electrons. The highest BCUT2D eigenvalue weighted by Gasteiger charge is 2.36. The maximum atomic E-state index is 13.0. The molecule has 0 unspecified atom stereocenters. The van der Waals surface area contributed by atoms with E-state index in [1.54, 1.807) is 11.3 Å². The van der Waals surface area contributed by atoms with Crippen molar-refractivity contribution in [2.24, 2.45) is 13.0 Å². The largest absolute Gasteiger partial charge is 0.379 e. The van der Waals surface area contributed by atoms with Gasteiger partial charge in [-0.05, 0) is 23.9 Å². The molecule has 0 aromatic carbocycles. The molecule has 2 aliphatic rings. The summed E-state index contributed by atoms with van der Waals surface area (Å²) in [6, 6.07) is 2.24. The highest BCUT2D eigenvalue weighted by atomic mass is 32.1. The van der Waals surface area contributed by atoms with E-state index in [1.165, 1.54) is 0 Å². The third kappa shape index (κ3) is 3.36. The summed E-state index contributed by atoms with van der Waals surface area (Å²) in [5, 5.41) is 2.00. The lowest BCUT2D eigenvalue weighted by Gasteiger charge is -2.31. The molecule has 2 aliphatic heterocycles. The molecule has 2 fully saturated rings. The molecule has 1 amide bonds. The Bertz CT molecular complexity index is 756. The minimum absolute atomic E-state index is 0.170. The molecule has 0 saturated carbocycles. The quantitative estimate of drug-likeness (QED) is 0.837. The second kappa shape index (κ2) is 6.90. The minimum atomic E-state index is 0.170. The summed E-state index contributed by atoms with van der Waals surface area (Å²) in [5.74, 6) is 1.57. The summed E-state index contributed by atoms with van der Waals surface area (Å²) in [6.45, 7) is 6.65. The number of fused-ring (bicyclic) bond motifs is 3. The molecular formula is C18H24N4O2S. The second-order valence-corrected chi connectivity index (χ2v) is 8.00. The number of carbonyl (C=O) groups is 1. The zero-order valence-corrected chi connectivity index (χ0v) is 15.5. The van der Waals surface area contributed by atoms with Crippen LogP contribution in [0.25, 0.3) is 0 Å². The zero-order chi connectivity index (χ0) is 17.4. The summed E-state index contributed by atoms with van der Waals surface area (Å²) in [5.41, 5.74) is 1.07. The lowest BCUT2D eigenvalue weighted by atomic mass is 10.1. The number of amides is 1. The van der Waals surface area contributed by atoms with Crippen LogP contribution in [0.5, 0.6) is 0 Å². The predicted molar refractivity (Wildman–Crippen MR) is 96.7 cm³/mol. The Labute approximate surface area is 152 Å². The van der Waals surface area contributed by atoms with Crippen molar-refractivity contribution in [1.82, 2.24) is 19.4 Å². The third-order valence-corrected chi connectivity index (χ3v) is 6.20. The summed E-state index contributed by atoms with van der Waals surface area (Å²) in [6.07, 6.45) is 3.82. The van der Waals surface area contributed by atoms with Crippen LogP contribution in [0.15, 0.2) is 23.8 Å². The number of aromatic nitrogens is 2. The number of nitrogens with zero attached hydrogens (tertiary/aromatic N) is 4. The Morgan fingerprint density at radius 3 is 2.96 bits per heavy atom. The van der Waals surface area contributed by atoms with E-state index in [1.807, 2.05) is 42.7 Å². The van der Waals surface area contributed by atoms with E-state index >= 15 is 0 Å². The number of aryl methyl sites for hydroxylation is 2. The van der Waals surface area contributed by atoms with Crippen molar-refractivity contribution in [2.75, 3.05) is 32.8 Å². The van der Waals surface area contributed by atoms with Crippen molar-refractivity contribution < 1.29 is 9.53 Å². The van der Waals surface area contributed by atoms with Gasteiger partial charge >= 0.3 is 0 Å². The molecule has 0 N–H and O–H groups in total. The number of ether oxygens (including phenoxy) is 1. The van der Waals surface area contributed by atoms with Crippen LogP contribution in [0.4, 0.5) is 0 Å². The van der Waals surface area contributed by atoms with Gasteiger partial charge in [0.15, 0.2) is 0 Å². The van der Waals surface area contributed by atoms with Gasteiger partial charge in [-0.25, -0.2) is 4.98 Å². The van der Waals surface area contributed by atoms with Gasteiger partial charge in [0.1, 0.15) is 5.82 Å². The fourth-order valence-corrected chi connectivity index (χ4v) is 4.65. The Kier molecular flexibility index (Phi) is 4.62. The number of thiophene rings is 1. The van der Waals surface area contributed by atoms with Crippen molar-refractivity contribution in [3.8, 4) is 0 Å². The van der Waals surface area contributed by atoms with E-state index in [9.17, 15) is 4.79 Å². The molecule has 4 heterocycles. The minimum Gasteiger partial charge on any atom is -0.379 e. The van der Waals surface area contributed by atoms with E-state index in [-0.39, 0.29) is 11.9 Å². The van der Waals surface area contributed by atoms with Crippen LogP contribution in [0, 0.1) is 12.8 Å². The van der Waals surface area contributed by atoms with Crippen LogP contribution in [-0.2, 0) is 18.3 Å². The molecule has 4 rings (SSSR count). The van der Waals surface area contributed by atoms with Crippen molar-refractivity contribution in [3.05, 3.63) is 40.1 Å². The zero-order valence-electron chi connectivity index (χ0n) is 14.7. The first-order chi connectivity index (χ1) is 12.1. The molecule has 0 aliphatic carbocycles. The van der Waals surface area contributed by atoms with Crippen LogP contribution in [0.2, 0.25) is 0 Å². The van der Waals surface area contributed by atoms with E-state index in [2.05, 4.69) is 14.5 Å². The van der Waals surface area contributed by atoms with Gasteiger partial charge in [0, 0.05) is 45.0 Å². The van der Waals surface area contributed by atoms with Gasteiger partial charge in [0.2, 0.25) is 0 Å². The summed E-state index contributed by atoms with van der Waals surface area (Å²) < 4.78 is 7.94. The first kappa shape index (κ1) is 16.8. The van der Waals surface area contributed by atoms with Gasteiger partial charge < -0.3 is 14.2 Å². The van der Waals surface area contributed by atoms with Gasteiger partial charge in [0.25, 0.3) is 5.91 Å². The lowest BCUT2D eigenvalue weighted by Crippen LogP contribution is -2.45. The molecular weight excluding hydrogens is 336 g/mol. The number of imidazole rings is 1. The molecule has 2 bridgehead atoms. The maximum Gasteiger partial charge on any atom is 0.264 e. The fraction of sp³-hybridized carbons (Fsp3) is 0.556. The van der Waals surface area contributed by atoms with Gasteiger partial charge in [0.05, 0.1) is 30.7 Å². The summed E-state index contributed by atoms with van der Waals surface area (Å²) in [7, 11) is 2.03. The van der Waals surface area contributed by atoms with Crippen molar-refractivity contribution >= 4 is 17.2 Å². The van der Waals surface area contributed by atoms with Crippen LogP contribution in [0.1, 0.15) is 21.1 Å². The highest BCUT2D eigenvalue weighted by molar-refractivity contribution is 7.12. The average Bonchev–Trinajstić information content (AvgIpc) is 3.06. The first-order valence-electron chi connectivity index (χ1n) is 8.73. The molecule has 2 atom stereocenters. The topological polar surface area (TPSA) is 50.6 Å². The Hall–Kier alpha value is -1.70. The van der Waals surface area contributed by atoms with Gasteiger partial charge in [-0.15, -0.1) is 11.3 Å². The maximum absolute atomic E-state index is 13.0. The normalized spacial score (nSPS) is 24.3. The number of hydrogen-bond acceptors (Lipinski definition) is 5. The number of carbonyl (C=O) groups excluding carboxylic acids is 1. The molecule has 7 heteroatoms. The molecule has 6 nitrogen and oxygen atoms in total. The molecule has 25 heavy (non-hydrogen) atoms. The molecule has 134 valence electrons. The number of rotatable bonds is 3. The van der Waals surface area contributed by atoms with Crippen LogP contribution in [0.3, 0.4) is 0 Å². The molecule has 2 saturated heterocycles. The Morgan fingerprint density at radius 1 is 1.36 bits per heavy atom. The van der Waals surface area contributed by atoms with Crippen molar-refractivity contribution in [1.29, 1.82) is 0 Å². The summed E-state index contributed by atoms with van der Waals surface area (Å²) >= 11 is 1.54. The predicted octanol–water partition coefficient (Wildman–Crippen LogP) is 1.76. The van der Waals surface area contributed by atoms with Crippen molar-refractivity contribution in [2.45, 2.75) is 19.5 Å². The third-order valence-electron chi connectivity index (χ3n) is 5.19.